The lowest BCUT2D eigenvalue weighted by atomic mass is 10.1. The summed E-state index contributed by atoms with van der Waals surface area (Å²) >= 11 is 10.8. The number of nitrogens with zero attached hydrogens (tertiary/aromatic N) is 1. The minimum absolute atomic E-state index is 0.00637. The van der Waals surface area contributed by atoms with Gasteiger partial charge < -0.3 is 15.6 Å². The highest BCUT2D eigenvalue weighted by Crippen LogP contribution is 2.34. The summed E-state index contributed by atoms with van der Waals surface area (Å²) in [7, 11) is 0. The summed E-state index contributed by atoms with van der Waals surface area (Å²) in [5, 5.41) is 7.31. The normalized spacial score (nSPS) is 10.7. The van der Waals surface area contributed by atoms with E-state index in [0.717, 1.165) is 14.2 Å². The van der Waals surface area contributed by atoms with Crippen molar-refractivity contribution >= 4 is 50.7 Å². The summed E-state index contributed by atoms with van der Waals surface area (Å²) in [6.45, 7) is 0.331. The van der Waals surface area contributed by atoms with Gasteiger partial charge in [0, 0.05) is 11.6 Å². The quantitative estimate of drug-likeness (QED) is 0.668. The molecule has 118 valence electrons. The van der Waals surface area contributed by atoms with Gasteiger partial charge in [-0.25, -0.2) is 0 Å². The molecule has 0 saturated carbocycles. The molecule has 0 saturated heterocycles. The standard InChI is InChI=1S/C15H11BrClN3O2S/c16-11-5-4-10(23-11)13-12(14(18)22-20-13)15(21)19-7-8-2-1-3-9(17)6-8/h1-6H,7,18H2,(H,19,21). The van der Waals surface area contributed by atoms with E-state index in [2.05, 4.69) is 26.4 Å². The Kier molecular flexibility index (Phi) is 4.70. The van der Waals surface area contributed by atoms with E-state index < -0.39 is 0 Å². The Bertz CT molecular complexity index is 862. The van der Waals surface area contributed by atoms with Gasteiger partial charge in [0.25, 0.3) is 5.91 Å². The van der Waals surface area contributed by atoms with Crippen LogP contribution in [0, 0.1) is 0 Å². The molecule has 2 aromatic heterocycles. The second-order valence-electron chi connectivity index (χ2n) is 4.69. The summed E-state index contributed by atoms with van der Waals surface area (Å²) in [4.78, 5) is 13.3. The van der Waals surface area contributed by atoms with E-state index in [1.807, 2.05) is 24.3 Å². The highest BCUT2D eigenvalue weighted by molar-refractivity contribution is 9.11. The van der Waals surface area contributed by atoms with Gasteiger partial charge in [-0.3, -0.25) is 4.79 Å². The zero-order chi connectivity index (χ0) is 16.4. The monoisotopic (exact) mass is 411 g/mol. The van der Waals surface area contributed by atoms with Crippen molar-refractivity contribution in [2.24, 2.45) is 0 Å². The molecule has 2 heterocycles. The fourth-order valence-electron chi connectivity index (χ4n) is 2.05. The van der Waals surface area contributed by atoms with Gasteiger partial charge in [-0.2, -0.15) is 0 Å². The number of carbonyl (C=O) groups is 1. The first kappa shape index (κ1) is 16.0. The van der Waals surface area contributed by atoms with Crippen LogP contribution in [0.4, 0.5) is 5.88 Å². The van der Waals surface area contributed by atoms with E-state index in [-0.39, 0.29) is 17.4 Å². The minimum Gasteiger partial charge on any atom is -0.367 e. The predicted molar refractivity (Wildman–Crippen MR) is 94.6 cm³/mol. The van der Waals surface area contributed by atoms with Crippen molar-refractivity contribution in [3.05, 3.63) is 56.3 Å². The lowest BCUT2D eigenvalue weighted by Gasteiger charge is -2.05. The Hall–Kier alpha value is -1.83. The molecular formula is C15H11BrClN3O2S. The van der Waals surface area contributed by atoms with E-state index in [0.29, 0.717) is 17.3 Å². The molecule has 1 aromatic carbocycles. The zero-order valence-corrected chi connectivity index (χ0v) is 14.8. The van der Waals surface area contributed by atoms with E-state index in [1.165, 1.54) is 11.3 Å². The van der Waals surface area contributed by atoms with Gasteiger partial charge in [0.1, 0.15) is 11.3 Å². The second kappa shape index (κ2) is 6.74. The highest BCUT2D eigenvalue weighted by atomic mass is 79.9. The number of nitrogen functional groups attached to an aromatic ring is 1. The van der Waals surface area contributed by atoms with Crippen LogP contribution in [0.3, 0.4) is 0 Å². The number of hydrogen-bond acceptors (Lipinski definition) is 5. The summed E-state index contributed by atoms with van der Waals surface area (Å²) in [6.07, 6.45) is 0. The van der Waals surface area contributed by atoms with Crippen LogP contribution < -0.4 is 11.1 Å². The molecule has 3 aromatic rings. The van der Waals surface area contributed by atoms with Crippen LogP contribution in [0.2, 0.25) is 5.02 Å². The Morgan fingerprint density at radius 1 is 1.39 bits per heavy atom. The molecular weight excluding hydrogens is 402 g/mol. The van der Waals surface area contributed by atoms with E-state index in [9.17, 15) is 4.79 Å². The molecule has 0 aliphatic heterocycles. The Balaban J connectivity index is 1.81. The third-order valence-electron chi connectivity index (χ3n) is 3.09. The summed E-state index contributed by atoms with van der Waals surface area (Å²) in [6, 6.07) is 11.0. The molecule has 0 aliphatic carbocycles. The summed E-state index contributed by atoms with van der Waals surface area (Å²) < 4.78 is 5.92. The van der Waals surface area contributed by atoms with Crippen molar-refractivity contribution in [1.29, 1.82) is 0 Å². The lowest BCUT2D eigenvalue weighted by molar-refractivity contribution is 0.0952. The number of anilines is 1. The third kappa shape index (κ3) is 3.57. The molecule has 3 N–H and O–H groups in total. The molecule has 3 rings (SSSR count). The number of nitrogens with one attached hydrogen (secondary N) is 1. The maximum Gasteiger partial charge on any atom is 0.259 e. The largest absolute Gasteiger partial charge is 0.367 e. The number of rotatable bonds is 4. The van der Waals surface area contributed by atoms with Crippen LogP contribution in [-0.2, 0) is 6.54 Å². The third-order valence-corrected chi connectivity index (χ3v) is 4.96. The number of thiophene rings is 1. The Morgan fingerprint density at radius 3 is 2.91 bits per heavy atom. The molecule has 1 amide bonds. The molecule has 0 spiro atoms. The van der Waals surface area contributed by atoms with Crippen molar-refractivity contribution in [3.8, 4) is 10.6 Å². The van der Waals surface area contributed by atoms with Crippen molar-refractivity contribution in [2.75, 3.05) is 5.73 Å². The fourth-order valence-corrected chi connectivity index (χ4v) is 3.64. The molecule has 23 heavy (non-hydrogen) atoms. The van der Waals surface area contributed by atoms with Gasteiger partial charge in [0.05, 0.1) is 8.66 Å². The van der Waals surface area contributed by atoms with Gasteiger partial charge in [-0.1, -0.05) is 28.9 Å². The fraction of sp³-hybridized carbons (Fsp3) is 0.0667. The van der Waals surface area contributed by atoms with Gasteiger partial charge in [-0.05, 0) is 45.8 Å². The van der Waals surface area contributed by atoms with E-state index in [1.54, 1.807) is 12.1 Å². The molecule has 5 nitrogen and oxygen atoms in total. The SMILES string of the molecule is Nc1onc(-c2ccc(Br)s2)c1C(=O)NCc1cccc(Cl)c1. The van der Waals surface area contributed by atoms with Crippen LogP contribution in [-0.4, -0.2) is 11.1 Å². The highest BCUT2D eigenvalue weighted by Gasteiger charge is 2.23. The maximum absolute atomic E-state index is 12.5. The summed E-state index contributed by atoms with van der Waals surface area (Å²) in [5.74, 6) is -0.351. The number of halogens is 2. The molecule has 0 aliphatic rings. The van der Waals surface area contributed by atoms with Crippen molar-refractivity contribution in [2.45, 2.75) is 6.54 Å². The summed E-state index contributed by atoms with van der Waals surface area (Å²) in [5.41, 5.74) is 7.32. The Morgan fingerprint density at radius 2 is 2.22 bits per heavy atom. The second-order valence-corrected chi connectivity index (χ2v) is 7.59. The van der Waals surface area contributed by atoms with Crippen LogP contribution in [0.1, 0.15) is 15.9 Å². The minimum atomic E-state index is -0.344. The first-order valence-electron chi connectivity index (χ1n) is 6.58. The first-order chi connectivity index (χ1) is 11.0. The molecule has 0 radical (unpaired) electrons. The number of carbonyl (C=O) groups excluding carboxylic acids is 1. The number of nitrogens with two attached hydrogens (primary N) is 1. The van der Waals surface area contributed by atoms with Gasteiger partial charge in [0.15, 0.2) is 0 Å². The topological polar surface area (TPSA) is 81.2 Å². The molecule has 8 heteroatoms. The number of hydrogen-bond donors (Lipinski definition) is 2. The smallest absolute Gasteiger partial charge is 0.259 e. The maximum atomic E-state index is 12.5. The van der Waals surface area contributed by atoms with Crippen LogP contribution in [0.5, 0.6) is 0 Å². The van der Waals surface area contributed by atoms with Crippen LogP contribution in [0.15, 0.2) is 44.7 Å². The zero-order valence-electron chi connectivity index (χ0n) is 11.7. The van der Waals surface area contributed by atoms with Gasteiger partial charge in [-0.15, -0.1) is 11.3 Å². The molecule has 0 unspecified atom stereocenters. The Labute approximate surface area is 149 Å². The number of amides is 1. The number of benzene rings is 1. The molecule has 0 atom stereocenters. The molecule has 0 fully saturated rings. The van der Waals surface area contributed by atoms with Crippen molar-refractivity contribution in [1.82, 2.24) is 10.5 Å². The number of aromatic nitrogens is 1. The average molecular weight is 413 g/mol. The predicted octanol–water partition coefficient (Wildman–Crippen LogP) is 4.33. The van der Waals surface area contributed by atoms with E-state index in [4.69, 9.17) is 21.9 Å². The van der Waals surface area contributed by atoms with E-state index >= 15 is 0 Å². The lowest BCUT2D eigenvalue weighted by Crippen LogP contribution is -2.23. The average Bonchev–Trinajstić information content (AvgIpc) is 3.11. The van der Waals surface area contributed by atoms with Gasteiger partial charge in [0.2, 0.25) is 5.88 Å². The van der Waals surface area contributed by atoms with Crippen LogP contribution >= 0.6 is 38.9 Å². The van der Waals surface area contributed by atoms with Gasteiger partial charge >= 0.3 is 0 Å². The van der Waals surface area contributed by atoms with Crippen molar-refractivity contribution in [3.63, 3.8) is 0 Å². The molecule has 0 bridgehead atoms. The first-order valence-corrected chi connectivity index (χ1v) is 8.57. The van der Waals surface area contributed by atoms with Crippen LogP contribution in [0.25, 0.3) is 10.6 Å². The van der Waals surface area contributed by atoms with Crippen molar-refractivity contribution < 1.29 is 9.32 Å².